The molecule has 0 aliphatic rings. The molecule has 0 saturated carbocycles. The number of benzene rings is 2. The van der Waals surface area contributed by atoms with Crippen LogP contribution < -0.4 is 5.73 Å². The Morgan fingerprint density at radius 2 is 1.67 bits per heavy atom. The van der Waals surface area contributed by atoms with Gasteiger partial charge in [0.2, 0.25) is 0 Å². The Morgan fingerprint density at radius 3 is 2.44 bits per heavy atom. The summed E-state index contributed by atoms with van der Waals surface area (Å²) in [5, 5.41) is 1.03. The average molecular weight is 368 g/mol. The molecule has 3 aromatic heterocycles. The van der Waals surface area contributed by atoms with Crippen molar-refractivity contribution in [1.29, 1.82) is 0 Å². The number of aromatic nitrogens is 3. The summed E-state index contributed by atoms with van der Waals surface area (Å²) in [7, 11) is 0. The van der Waals surface area contributed by atoms with Gasteiger partial charge in [-0.25, -0.2) is 15.0 Å². The molecule has 5 aromatic rings. The third-order valence-corrected chi connectivity index (χ3v) is 5.78. The summed E-state index contributed by atoms with van der Waals surface area (Å²) in [5.74, 6) is 0.499. The van der Waals surface area contributed by atoms with Crippen molar-refractivity contribution < 1.29 is 0 Å². The predicted octanol–water partition coefficient (Wildman–Crippen LogP) is 5.46. The topological polar surface area (TPSA) is 64.7 Å². The third kappa shape index (κ3) is 2.64. The van der Waals surface area contributed by atoms with Crippen LogP contribution in [-0.2, 0) is 0 Å². The van der Waals surface area contributed by atoms with E-state index in [0.29, 0.717) is 5.82 Å². The molecule has 0 aliphatic carbocycles. The fraction of sp³-hybridized carbons (Fsp3) is 0.0455. The minimum atomic E-state index is 0.499. The van der Waals surface area contributed by atoms with E-state index in [4.69, 9.17) is 10.7 Å². The first kappa shape index (κ1) is 15.9. The summed E-state index contributed by atoms with van der Waals surface area (Å²) >= 11 is 1.55. The summed E-state index contributed by atoms with van der Waals surface area (Å²) < 4.78 is 0.887. The summed E-state index contributed by atoms with van der Waals surface area (Å²) in [6, 6.07) is 20.9. The summed E-state index contributed by atoms with van der Waals surface area (Å²) in [6.45, 7) is 2.09. The van der Waals surface area contributed by atoms with Crippen LogP contribution in [0.3, 0.4) is 0 Å². The number of hydrogen-bond acceptors (Lipinski definition) is 5. The number of nitrogens with two attached hydrogens (primary N) is 1. The van der Waals surface area contributed by atoms with E-state index >= 15 is 0 Å². The Morgan fingerprint density at radius 1 is 0.889 bits per heavy atom. The van der Waals surface area contributed by atoms with Crippen LogP contribution in [-0.4, -0.2) is 15.0 Å². The summed E-state index contributed by atoms with van der Waals surface area (Å²) in [6.07, 6.45) is 1.52. The Hall–Kier alpha value is -3.31. The molecule has 0 saturated heterocycles. The van der Waals surface area contributed by atoms with Gasteiger partial charge in [0.1, 0.15) is 17.0 Å². The number of pyridine rings is 1. The molecule has 0 aliphatic heterocycles. The number of aryl methyl sites for hydroxylation is 1. The van der Waals surface area contributed by atoms with E-state index in [1.165, 1.54) is 11.9 Å². The number of anilines is 1. The molecule has 130 valence electrons. The van der Waals surface area contributed by atoms with E-state index < -0.39 is 0 Å². The van der Waals surface area contributed by atoms with Crippen molar-refractivity contribution in [2.24, 2.45) is 0 Å². The number of nitrogen functional groups attached to an aromatic ring is 1. The van der Waals surface area contributed by atoms with Crippen LogP contribution in [0.4, 0.5) is 5.82 Å². The van der Waals surface area contributed by atoms with Gasteiger partial charge in [0.05, 0.1) is 15.9 Å². The molecular formula is C22H16N4S. The fourth-order valence-corrected chi connectivity index (χ4v) is 4.36. The molecule has 0 bridgehead atoms. The highest BCUT2D eigenvalue weighted by Gasteiger charge is 2.17. The van der Waals surface area contributed by atoms with Crippen LogP contribution in [0.2, 0.25) is 0 Å². The van der Waals surface area contributed by atoms with E-state index in [9.17, 15) is 0 Å². The first-order valence-corrected chi connectivity index (χ1v) is 9.48. The highest BCUT2D eigenvalue weighted by Crippen LogP contribution is 2.41. The largest absolute Gasteiger partial charge is 0.382 e. The second-order valence-electron chi connectivity index (χ2n) is 6.51. The number of nitrogens with zero attached hydrogens (tertiary/aromatic N) is 3. The van der Waals surface area contributed by atoms with Crippen LogP contribution in [0.1, 0.15) is 5.56 Å². The molecular weight excluding hydrogens is 352 g/mol. The first-order valence-electron chi connectivity index (χ1n) is 8.67. The van der Waals surface area contributed by atoms with Gasteiger partial charge in [-0.1, -0.05) is 60.2 Å². The lowest BCUT2D eigenvalue weighted by Crippen LogP contribution is -1.91. The van der Waals surface area contributed by atoms with Gasteiger partial charge in [-0.15, -0.1) is 11.3 Å². The van der Waals surface area contributed by atoms with Crippen LogP contribution in [0.5, 0.6) is 0 Å². The number of rotatable bonds is 2. The third-order valence-electron chi connectivity index (χ3n) is 4.69. The highest BCUT2D eigenvalue weighted by molar-refractivity contribution is 7.26. The second kappa shape index (κ2) is 6.14. The van der Waals surface area contributed by atoms with E-state index in [-0.39, 0.29) is 0 Å². The summed E-state index contributed by atoms with van der Waals surface area (Å²) in [5.41, 5.74) is 12.5. The molecule has 3 heterocycles. The van der Waals surface area contributed by atoms with Gasteiger partial charge in [0.15, 0.2) is 0 Å². The monoisotopic (exact) mass is 368 g/mol. The molecule has 4 nitrogen and oxygen atoms in total. The van der Waals surface area contributed by atoms with Gasteiger partial charge in [0, 0.05) is 10.9 Å². The van der Waals surface area contributed by atoms with Gasteiger partial charge >= 0.3 is 0 Å². The Kier molecular flexibility index (Phi) is 3.62. The van der Waals surface area contributed by atoms with Gasteiger partial charge in [-0.2, -0.15) is 0 Å². The minimum absolute atomic E-state index is 0.499. The van der Waals surface area contributed by atoms with Gasteiger partial charge < -0.3 is 5.73 Å². The molecule has 27 heavy (non-hydrogen) atoms. The molecule has 2 aromatic carbocycles. The molecule has 5 heteroatoms. The van der Waals surface area contributed by atoms with Crippen molar-refractivity contribution >= 4 is 37.6 Å². The van der Waals surface area contributed by atoms with Crippen molar-refractivity contribution in [2.45, 2.75) is 6.92 Å². The van der Waals surface area contributed by atoms with Crippen molar-refractivity contribution in [3.63, 3.8) is 0 Å². The maximum absolute atomic E-state index is 6.11. The van der Waals surface area contributed by atoms with E-state index in [2.05, 4.69) is 59.4 Å². The van der Waals surface area contributed by atoms with Crippen LogP contribution in [0.25, 0.3) is 42.8 Å². The lowest BCUT2D eigenvalue weighted by atomic mass is 9.99. The van der Waals surface area contributed by atoms with E-state index in [1.54, 1.807) is 11.3 Å². The van der Waals surface area contributed by atoms with Crippen molar-refractivity contribution in [2.75, 3.05) is 5.73 Å². The smallest absolute Gasteiger partial charge is 0.144 e. The SMILES string of the molecule is Cc1ccc(-c2cc(-c3ccccc3)c3c(n2)sc2c(N)ncnc23)cc1. The zero-order valence-corrected chi connectivity index (χ0v) is 15.5. The zero-order chi connectivity index (χ0) is 18.4. The molecule has 0 amide bonds. The van der Waals surface area contributed by atoms with Gasteiger partial charge in [-0.05, 0) is 24.1 Å². The Balaban J connectivity index is 1.89. The molecule has 0 fully saturated rings. The summed E-state index contributed by atoms with van der Waals surface area (Å²) in [4.78, 5) is 14.5. The zero-order valence-electron chi connectivity index (χ0n) is 14.7. The number of fused-ring (bicyclic) bond motifs is 3. The normalized spacial score (nSPS) is 11.3. The second-order valence-corrected chi connectivity index (χ2v) is 7.51. The quantitative estimate of drug-likeness (QED) is 0.449. The number of hydrogen-bond donors (Lipinski definition) is 1. The molecule has 5 rings (SSSR count). The molecule has 0 spiro atoms. The maximum atomic E-state index is 6.11. The van der Waals surface area contributed by atoms with E-state index in [1.807, 2.05) is 18.2 Å². The fourth-order valence-electron chi connectivity index (χ4n) is 3.30. The molecule has 2 N–H and O–H groups in total. The highest BCUT2D eigenvalue weighted by atomic mass is 32.1. The molecule has 0 radical (unpaired) electrons. The lowest BCUT2D eigenvalue weighted by molar-refractivity contribution is 1.24. The predicted molar refractivity (Wildman–Crippen MR) is 113 cm³/mol. The van der Waals surface area contributed by atoms with Gasteiger partial charge in [0.25, 0.3) is 0 Å². The van der Waals surface area contributed by atoms with E-state index in [0.717, 1.165) is 42.8 Å². The minimum Gasteiger partial charge on any atom is -0.382 e. The Bertz CT molecular complexity index is 1270. The molecule has 0 unspecified atom stereocenters. The lowest BCUT2D eigenvalue weighted by Gasteiger charge is -2.08. The van der Waals surface area contributed by atoms with Crippen LogP contribution >= 0.6 is 11.3 Å². The maximum Gasteiger partial charge on any atom is 0.144 e. The van der Waals surface area contributed by atoms with Crippen molar-refractivity contribution in [1.82, 2.24) is 15.0 Å². The average Bonchev–Trinajstić information content (AvgIpc) is 3.09. The molecule has 0 atom stereocenters. The van der Waals surface area contributed by atoms with Crippen LogP contribution in [0.15, 0.2) is 67.0 Å². The van der Waals surface area contributed by atoms with Gasteiger partial charge in [-0.3, -0.25) is 0 Å². The Labute approximate surface area is 160 Å². The first-order chi connectivity index (χ1) is 13.2. The van der Waals surface area contributed by atoms with Crippen LogP contribution in [0, 0.1) is 6.92 Å². The van der Waals surface area contributed by atoms with Crippen molar-refractivity contribution in [3.8, 4) is 22.4 Å². The van der Waals surface area contributed by atoms with Crippen molar-refractivity contribution in [3.05, 3.63) is 72.6 Å². The standard InChI is InChI=1S/C22H16N4S/c1-13-7-9-15(10-8-13)17-11-16(14-5-3-2-4-6-14)18-19-20(27-22(18)26-17)21(23)25-12-24-19/h2-12H,1H3,(H2,23,24,25). The number of thiophene rings is 1.